The molecule has 3 aromatic rings. The highest BCUT2D eigenvalue weighted by Gasteiger charge is 2.11. The van der Waals surface area contributed by atoms with Crippen LogP contribution in [-0.2, 0) is 23.0 Å². The highest BCUT2D eigenvalue weighted by atomic mass is 32.2. The Morgan fingerprint density at radius 3 is 2.25 bits per heavy atom. The highest BCUT2D eigenvalue weighted by Crippen LogP contribution is 2.23. The van der Waals surface area contributed by atoms with Crippen molar-refractivity contribution in [3.05, 3.63) is 82.9 Å². The van der Waals surface area contributed by atoms with Crippen molar-refractivity contribution in [2.75, 3.05) is 0 Å². The van der Waals surface area contributed by atoms with Gasteiger partial charge in [-0.1, -0.05) is 35.9 Å². The SMILES string of the molecule is Cc1ccc(-c2cc(C[SH](=O)=O)cc(C(=O)NCc3cnc(C)nc3)c2)cc1. The summed E-state index contributed by atoms with van der Waals surface area (Å²) in [7, 11) is -2.59. The van der Waals surface area contributed by atoms with Crippen LogP contribution in [0.15, 0.2) is 54.9 Å². The van der Waals surface area contributed by atoms with Crippen molar-refractivity contribution >= 4 is 16.6 Å². The predicted molar refractivity (Wildman–Crippen MR) is 109 cm³/mol. The Kier molecular flexibility index (Phi) is 6.16. The molecule has 0 bridgehead atoms. The summed E-state index contributed by atoms with van der Waals surface area (Å²) in [4.78, 5) is 20.9. The van der Waals surface area contributed by atoms with Crippen LogP contribution < -0.4 is 5.32 Å². The number of carbonyl (C=O) groups is 1. The lowest BCUT2D eigenvalue weighted by Gasteiger charge is -2.10. The summed E-state index contributed by atoms with van der Waals surface area (Å²) in [5.74, 6) is 0.273. The number of aromatic nitrogens is 2. The minimum absolute atomic E-state index is 0.110. The van der Waals surface area contributed by atoms with Gasteiger partial charge in [0.1, 0.15) is 16.5 Å². The monoisotopic (exact) mass is 395 g/mol. The number of rotatable bonds is 6. The first-order valence-corrected chi connectivity index (χ1v) is 10.2. The number of hydrogen-bond donors (Lipinski definition) is 2. The third-order valence-electron chi connectivity index (χ3n) is 4.24. The number of hydrogen-bond acceptors (Lipinski definition) is 5. The summed E-state index contributed by atoms with van der Waals surface area (Å²) in [5, 5.41) is 2.83. The number of nitrogens with one attached hydrogen (secondary N) is 1. The lowest BCUT2D eigenvalue weighted by atomic mass is 9.99. The zero-order chi connectivity index (χ0) is 20.1. The Bertz CT molecular complexity index is 1050. The molecular formula is C21H21N3O3S. The van der Waals surface area contributed by atoms with Gasteiger partial charge in [0.15, 0.2) is 0 Å². The van der Waals surface area contributed by atoms with Gasteiger partial charge in [-0.3, -0.25) is 4.79 Å². The first-order valence-electron chi connectivity index (χ1n) is 8.79. The number of benzene rings is 2. The molecule has 0 saturated carbocycles. The van der Waals surface area contributed by atoms with Crippen LogP contribution in [0.25, 0.3) is 11.1 Å². The van der Waals surface area contributed by atoms with Crippen LogP contribution in [0.4, 0.5) is 0 Å². The Morgan fingerprint density at radius 1 is 0.929 bits per heavy atom. The van der Waals surface area contributed by atoms with Gasteiger partial charge in [0.25, 0.3) is 5.91 Å². The van der Waals surface area contributed by atoms with E-state index in [0.717, 1.165) is 22.3 Å². The van der Waals surface area contributed by atoms with Gasteiger partial charge < -0.3 is 5.32 Å². The van der Waals surface area contributed by atoms with Gasteiger partial charge >= 0.3 is 0 Å². The van der Waals surface area contributed by atoms with Crippen LogP contribution in [0.2, 0.25) is 0 Å². The maximum atomic E-state index is 12.7. The lowest BCUT2D eigenvalue weighted by Crippen LogP contribution is -2.23. The summed E-state index contributed by atoms with van der Waals surface area (Å²) in [6, 6.07) is 13.1. The molecule has 1 aromatic heterocycles. The number of nitrogens with zero attached hydrogens (tertiary/aromatic N) is 2. The first kappa shape index (κ1) is 19.7. The predicted octanol–water partition coefficient (Wildman–Crippen LogP) is 2.80. The summed E-state index contributed by atoms with van der Waals surface area (Å²) >= 11 is 0. The zero-order valence-corrected chi connectivity index (χ0v) is 16.6. The maximum Gasteiger partial charge on any atom is 0.251 e. The molecule has 1 N–H and O–H groups in total. The maximum absolute atomic E-state index is 12.7. The number of carbonyl (C=O) groups excluding carboxylic acids is 1. The smallest absolute Gasteiger partial charge is 0.251 e. The molecule has 1 heterocycles. The van der Waals surface area contributed by atoms with Gasteiger partial charge in [-0.2, -0.15) is 0 Å². The Labute approximate surface area is 165 Å². The van der Waals surface area contributed by atoms with E-state index < -0.39 is 10.7 Å². The van der Waals surface area contributed by atoms with Crippen molar-refractivity contribution < 1.29 is 13.2 Å². The van der Waals surface area contributed by atoms with Crippen molar-refractivity contribution in [2.24, 2.45) is 0 Å². The average molecular weight is 395 g/mol. The van der Waals surface area contributed by atoms with E-state index >= 15 is 0 Å². The van der Waals surface area contributed by atoms with Crippen LogP contribution in [0.3, 0.4) is 0 Å². The molecule has 2 aromatic carbocycles. The largest absolute Gasteiger partial charge is 0.348 e. The fourth-order valence-corrected chi connectivity index (χ4v) is 3.25. The van der Waals surface area contributed by atoms with Crippen molar-refractivity contribution in [3.63, 3.8) is 0 Å². The fraction of sp³-hybridized carbons (Fsp3) is 0.190. The topological polar surface area (TPSA) is 89.0 Å². The molecule has 6 nitrogen and oxygen atoms in total. The van der Waals surface area contributed by atoms with Gasteiger partial charge in [-0.15, -0.1) is 0 Å². The van der Waals surface area contributed by atoms with Gasteiger partial charge in [0.05, 0.1) is 5.75 Å². The van der Waals surface area contributed by atoms with Crippen LogP contribution >= 0.6 is 0 Å². The van der Waals surface area contributed by atoms with E-state index in [1.165, 1.54) is 0 Å². The summed E-state index contributed by atoms with van der Waals surface area (Å²) in [5.41, 5.74) is 4.64. The van der Waals surface area contributed by atoms with Crippen molar-refractivity contribution in [3.8, 4) is 11.1 Å². The van der Waals surface area contributed by atoms with E-state index in [4.69, 9.17) is 0 Å². The van der Waals surface area contributed by atoms with E-state index in [1.807, 2.05) is 31.2 Å². The van der Waals surface area contributed by atoms with Crippen molar-refractivity contribution in [1.29, 1.82) is 0 Å². The summed E-state index contributed by atoms with van der Waals surface area (Å²) in [6.45, 7) is 4.08. The standard InChI is InChI=1S/C21H21N3O3S/c1-14-3-5-18(6-4-14)19-7-16(13-28(26)27)8-20(9-19)21(25)24-12-17-10-22-15(2)23-11-17/h3-11,28H,12-13H2,1-2H3,(H,24,25). The second kappa shape index (κ2) is 8.75. The molecule has 0 fully saturated rings. The number of amides is 1. The molecular weight excluding hydrogens is 374 g/mol. The minimum Gasteiger partial charge on any atom is -0.348 e. The Balaban J connectivity index is 1.87. The first-order chi connectivity index (χ1) is 13.4. The Morgan fingerprint density at radius 2 is 1.61 bits per heavy atom. The minimum atomic E-state index is -2.59. The molecule has 0 unspecified atom stereocenters. The van der Waals surface area contributed by atoms with Gasteiger partial charge in [0.2, 0.25) is 0 Å². The molecule has 0 spiro atoms. The lowest BCUT2D eigenvalue weighted by molar-refractivity contribution is 0.0950. The number of thiol groups is 1. The van der Waals surface area contributed by atoms with Crippen molar-refractivity contribution in [1.82, 2.24) is 15.3 Å². The third kappa shape index (κ3) is 5.23. The quantitative estimate of drug-likeness (QED) is 0.627. The third-order valence-corrected chi connectivity index (χ3v) is 4.86. The zero-order valence-electron chi connectivity index (χ0n) is 15.7. The molecule has 0 aliphatic carbocycles. The average Bonchev–Trinajstić information content (AvgIpc) is 2.67. The number of aryl methyl sites for hydroxylation is 2. The van der Waals surface area contributed by atoms with Crippen LogP contribution in [-0.4, -0.2) is 24.3 Å². The molecule has 0 radical (unpaired) electrons. The molecule has 0 saturated heterocycles. The molecule has 144 valence electrons. The molecule has 0 atom stereocenters. The van der Waals surface area contributed by atoms with E-state index in [1.54, 1.807) is 37.5 Å². The fourth-order valence-electron chi connectivity index (χ4n) is 2.77. The molecule has 7 heteroatoms. The second-order valence-corrected chi connectivity index (χ2v) is 7.58. The molecule has 0 aliphatic heterocycles. The summed E-state index contributed by atoms with van der Waals surface area (Å²) < 4.78 is 22.4. The molecule has 28 heavy (non-hydrogen) atoms. The highest BCUT2D eigenvalue weighted by molar-refractivity contribution is 7.71. The molecule has 0 aliphatic rings. The van der Waals surface area contributed by atoms with Gasteiger partial charge in [0, 0.05) is 30.1 Å². The molecule has 1 amide bonds. The van der Waals surface area contributed by atoms with E-state index in [2.05, 4.69) is 15.3 Å². The van der Waals surface area contributed by atoms with Crippen LogP contribution in [0.5, 0.6) is 0 Å². The van der Waals surface area contributed by atoms with Crippen LogP contribution in [0, 0.1) is 13.8 Å². The van der Waals surface area contributed by atoms with E-state index in [0.29, 0.717) is 23.5 Å². The van der Waals surface area contributed by atoms with Gasteiger partial charge in [-0.05, 0) is 42.7 Å². The van der Waals surface area contributed by atoms with E-state index in [9.17, 15) is 13.2 Å². The van der Waals surface area contributed by atoms with E-state index in [-0.39, 0.29) is 11.7 Å². The van der Waals surface area contributed by atoms with Crippen molar-refractivity contribution in [2.45, 2.75) is 26.1 Å². The second-order valence-electron chi connectivity index (χ2n) is 6.60. The van der Waals surface area contributed by atoms with Crippen LogP contribution in [0.1, 0.15) is 32.9 Å². The Hall–Kier alpha value is -3.06. The summed E-state index contributed by atoms with van der Waals surface area (Å²) in [6.07, 6.45) is 3.33. The normalized spacial score (nSPS) is 10.8. The molecule has 3 rings (SSSR count). The van der Waals surface area contributed by atoms with Gasteiger partial charge in [-0.25, -0.2) is 18.4 Å².